The SMILES string of the molecule is C=C(CCc1ccc(F)cc1)N(Cc1ccccn1)C(C)c1ccccc1COC. The summed E-state index contributed by atoms with van der Waals surface area (Å²) in [6.07, 6.45) is 3.41. The van der Waals surface area contributed by atoms with Gasteiger partial charge in [0, 0.05) is 19.0 Å². The Morgan fingerprint density at radius 1 is 1.07 bits per heavy atom. The lowest BCUT2D eigenvalue weighted by Crippen LogP contribution is -2.27. The van der Waals surface area contributed by atoms with Crippen LogP contribution in [0.3, 0.4) is 0 Å². The molecule has 3 aromatic rings. The fourth-order valence-corrected chi connectivity index (χ4v) is 3.67. The first kappa shape index (κ1) is 21.7. The summed E-state index contributed by atoms with van der Waals surface area (Å²) in [6.45, 7) is 7.84. The fourth-order valence-electron chi connectivity index (χ4n) is 3.67. The number of benzene rings is 2. The summed E-state index contributed by atoms with van der Waals surface area (Å²) in [5.41, 5.74) is 5.52. The second-order valence-corrected chi connectivity index (χ2v) is 7.45. The molecule has 1 aromatic heterocycles. The van der Waals surface area contributed by atoms with Crippen LogP contribution in [0.4, 0.5) is 4.39 Å². The maximum atomic E-state index is 13.2. The topological polar surface area (TPSA) is 25.4 Å². The lowest BCUT2D eigenvalue weighted by atomic mass is 9.99. The van der Waals surface area contributed by atoms with Gasteiger partial charge in [-0.2, -0.15) is 0 Å². The van der Waals surface area contributed by atoms with E-state index in [1.54, 1.807) is 7.11 Å². The second-order valence-electron chi connectivity index (χ2n) is 7.45. The molecule has 3 nitrogen and oxygen atoms in total. The van der Waals surface area contributed by atoms with Crippen molar-refractivity contribution in [1.82, 2.24) is 9.88 Å². The molecule has 0 aliphatic carbocycles. The van der Waals surface area contributed by atoms with Gasteiger partial charge < -0.3 is 9.64 Å². The Balaban J connectivity index is 1.82. The molecule has 0 radical (unpaired) electrons. The van der Waals surface area contributed by atoms with E-state index in [4.69, 9.17) is 4.74 Å². The molecule has 1 heterocycles. The third-order valence-corrected chi connectivity index (χ3v) is 5.35. The Morgan fingerprint density at radius 2 is 1.80 bits per heavy atom. The van der Waals surface area contributed by atoms with Crippen LogP contribution in [0.1, 0.15) is 41.8 Å². The van der Waals surface area contributed by atoms with Crippen molar-refractivity contribution >= 4 is 0 Å². The Kier molecular flexibility index (Phi) is 7.75. The monoisotopic (exact) mass is 404 g/mol. The summed E-state index contributed by atoms with van der Waals surface area (Å²) >= 11 is 0. The number of methoxy groups -OCH3 is 1. The zero-order valence-electron chi connectivity index (χ0n) is 17.7. The van der Waals surface area contributed by atoms with Crippen LogP contribution in [0, 0.1) is 5.82 Å². The van der Waals surface area contributed by atoms with Gasteiger partial charge in [-0.15, -0.1) is 0 Å². The second kappa shape index (κ2) is 10.7. The molecule has 0 aliphatic rings. The maximum absolute atomic E-state index is 13.2. The van der Waals surface area contributed by atoms with Crippen molar-refractivity contribution in [1.29, 1.82) is 0 Å². The summed E-state index contributed by atoms with van der Waals surface area (Å²) in [6, 6.07) is 21.1. The van der Waals surface area contributed by atoms with Gasteiger partial charge in [-0.05, 0) is 60.7 Å². The minimum atomic E-state index is -0.210. The summed E-state index contributed by atoms with van der Waals surface area (Å²) < 4.78 is 18.6. The number of pyridine rings is 1. The summed E-state index contributed by atoms with van der Waals surface area (Å²) in [4.78, 5) is 6.82. The lowest BCUT2D eigenvalue weighted by Gasteiger charge is -2.34. The van der Waals surface area contributed by atoms with Crippen LogP contribution in [0.25, 0.3) is 0 Å². The molecule has 1 unspecified atom stereocenters. The van der Waals surface area contributed by atoms with Crippen molar-refractivity contribution in [2.75, 3.05) is 7.11 Å². The van der Waals surface area contributed by atoms with Gasteiger partial charge in [-0.25, -0.2) is 4.39 Å². The molecule has 1 atom stereocenters. The van der Waals surface area contributed by atoms with Crippen molar-refractivity contribution in [2.24, 2.45) is 0 Å². The van der Waals surface area contributed by atoms with Crippen LogP contribution in [0.2, 0.25) is 0 Å². The molecule has 0 saturated heterocycles. The third kappa shape index (κ3) is 5.77. The van der Waals surface area contributed by atoms with Crippen LogP contribution in [0.15, 0.2) is 85.2 Å². The molecule has 2 aromatic carbocycles. The largest absolute Gasteiger partial charge is 0.380 e. The van der Waals surface area contributed by atoms with Gasteiger partial charge >= 0.3 is 0 Å². The number of allylic oxidation sites excluding steroid dienone is 1. The maximum Gasteiger partial charge on any atom is 0.123 e. The molecule has 3 rings (SSSR count). The number of aryl methyl sites for hydroxylation is 1. The molecule has 0 amide bonds. The van der Waals surface area contributed by atoms with Crippen LogP contribution < -0.4 is 0 Å². The van der Waals surface area contributed by atoms with Crippen molar-refractivity contribution in [2.45, 2.75) is 39.0 Å². The molecule has 0 fully saturated rings. The Morgan fingerprint density at radius 3 is 2.50 bits per heavy atom. The van der Waals surface area contributed by atoms with Gasteiger partial charge in [0.1, 0.15) is 5.82 Å². The fraction of sp³-hybridized carbons (Fsp3) is 0.269. The normalized spacial score (nSPS) is 11.8. The van der Waals surface area contributed by atoms with Gasteiger partial charge in [0.2, 0.25) is 0 Å². The number of hydrogen-bond acceptors (Lipinski definition) is 3. The van der Waals surface area contributed by atoms with E-state index in [0.717, 1.165) is 29.8 Å². The standard InChI is InChI=1S/C26H29FN2O/c1-20(11-12-22-13-15-24(27)16-14-22)29(18-25-9-6-7-17-28-25)21(2)26-10-5-4-8-23(26)19-30-3/h4-10,13-17,21H,1,11-12,18-19H2,2-3H3. The van der Waals surface area contributed by atoms with Crippen molar-refractivity contribution in [3.05, 3.63) is 113 Å². The first-order chi connectivity index (χ1) is 14.6. The molecular weight excluding hydrogens is 375 g/mol. The van der Waals surface area contributed by atoms with Crippen LogP contribution in [-0.4, -0.2) is 17.0 Å². The molecule has 0 N–H and O–H groups in total. The number of aromatic nitrogens is 1. The first-order valence-corrected chi connectivity index (χ1v) is 10.2. The van der Waals surface area contributed by atoms with Crippen LogP contribution >= 0.6 is 0 Å². The smallest absolute Gasteiger partial charge is 0.123 e. The van der Waals surface area contributed by atoms with E-state index in [1.807, 2.05) is 42.6 Å². The zero-order chi connectivity index (χ0) is 21.3. The average Bonchev–Trinajstić information content (AvgIpc) is 2.78. The van der Waals surface area contributed by atoms with Crippen molar-refractivity contribution < 1.29 is 9.13 Å². The number of nitrogens with zero attached hydrogens (tertiary/aromatic N) is 2. The van der Waals surface area contributed by atoms with Gasteiger partial charge in [0.15, 0.2) is 0 Å². The predicted molar refractivity (Wildman–Crippen MR) is 119 cm³/mol. The van der Waals surface area contributed by atoms with E-state index in [9.17, 15) is 4.39 Å². The highest BCUT2D eigenvalue weighted by Gasteiger charge is 2.20. The van der Waals surface area contributed by atoms with Gasteiger partial charge in [0.25, 0.3) is 0 Å². The average molecular weight is 405 g/mol. The Bertz CT molecular complexity index is 941. The minimum absolute atomic E-state index is 0.110. The lowest BCUT2D eigenvalue weighted by molar-refractivity contribution is 0.180. The number of hydrogen-bond donors (Lipinski definition) is 0. The third-order valence-electron chi connectivity index (χ3n) is 5.35. The first-order valence-electron chi connectivity index (χ1n) is 10.2. The number of ether oxygens (including phenoxy) is 1. The van der Waals surface area contributed by atoms with Gasteiger partial charge in [0.05, 0.1) is 24.9 Å². The van der Waals surface area contributed by atoms with E-state index in [-0.39, 0.29) is 11.9 Å². The van der Waals surface area contributed by atoms with E-state index in [2.05, 4.69) is 41.6 Å². The molecule has 0 spiro atoms. The highest BCUT2D eigenvalue weighted by atomic mass is 19.1. The van der Waals surface area contributed by atoms with E-state index in [1.165, 1.54) is 23.3 Å². The Labute approximate surface area is 178 Å². The number of rotatable bonds is 10. The number of halogens is 1. The molecule has 0 bridgehead atoms. The van der Waals surface area contributed by atoms with Crippen LogP contribution in [-0.2, 0) is 24.3 Å². The Hall–Kier alpha value is -2.98. The summed E-state index contributed by atoms with van der Waals surface area (Å²) in [5.74, 6) is -0.210. The van der Waals surface area contributed by atoms with E-state index >= 15 is 0 Å². The highest BCUT2D eigenvalue weighted by Crippen LogP contribution is 2.30. The molecule has 4 heteroatoms. The molecule has 30 heavy (non-hydrogen) atoms. The molecule has 156 valence electrons. The quantitative estimate of drug-likeness (QED) is 0.410. The highest BCUT2D eigenvalue weighted by molar-refractivity contribution is 5.30. The van der Waals surface area contributed by atoms with Crippen LogP contribution in [0.5, 0.6) is 0 Å². The molecular formula is C26H29FN2O. The van der Waals surface area contributed by atoms with Crippen molar-refractivity contribution in [3.8, 4) is 0 Å². The summed E-state index contributed by atoms with van der Waals surface area (Å²) in [7, 11) is 1.72. The molecule has 0 aliphatic heterocycles. The molecule has 0 saturated carbocycles. The van der Waals surface area contributed by atoms with E-state index in [0.29, 0.717) is 13.2 Å². The summed E-state index contributed by atoms with van der Waals surface area (Å²) in [5, 5.41) is 0. The van der Waals surface area contributed by atoms with Crippen molar-refractivity contribution in [3.63, 3.8) is 0 Å². The predicted octanol–water partition coefficient (Wildman–Crippen LogP) is 6.08. The van der Waals surface area contributed by atoms with E-state index < -0.39 is 0 Å². The van der Waals surface area contributed by atoms with Gasteiger partial charge in [-0.3, -0.25) is 4.98 Å². The zero-order valence-corrected chi connectivity index (χ0v) is 17.7. The minimum Gasteiger partial charge on any atom is -0.380 e. The van der Waals surface area contributed by atoms with Gasteiger partial charge in [-0.1, -0.05) is 49.0 Å².